The number of para-hydroxylation sites is 2. The number of nitrogens with zero attached hydrogens (tertiary/aromatic N) is 3. The van der Waals surface area contributed by atoms with E-state index in [-0.39, 0.29) is 5.91 Å². The molecular formula is C23H19N3O2S. The molecule has 0 saturated carbocycles. The molecule has 5 rings (SSSR count). The number of pyridine rings is 1. The molecule has 144 valence electrons. The van der Waals surface area contributed by atoms with Crippen molar-refractivity contribution in [3.8, 4) is 11.5 Å². The highest BCUT2D eigenvalue weighted by atomic mass is 32.2. The van der Waals surface area contributed by atoms with E-state index < -0.39 is 5.92 Å². The number of carbonyl (C=O) groups is 1. The molecule has 0 aliphatic carbocycles. The molecule has 0 radical (unpaired) electrons. The summed E-state index contributed by atoms with van der Waals surface area (Å²) in [6.45, 7) is 1.24. The number of hydrogen-bond donors (Lipinski definition) is 0. The van der Waals surface area contributed by atoms with Crippen LogP contribution in [0.1, 0.15) is 22.6 Å². The highest BCUT2D eigenvalue weighted by molar-refractivity contribution is 8.13. The molecule has 2 aliphatic heterocycles. The van der Waals surface area contributed by atoms with Crippen LogP contribution in [0, 0.1) is 0 Å². The molecule has 0 fully saturated rings. The zero-order chi connectivity index (χ0) is 19.6. The van der Waals surface area contributed by atoms with Crippen LogP contribution < -0.4 is 4.74 Å². The van der Waals surface area contributed by atoms with Gasteiger partial charge in [-0.2, -0.15) is 0 Å². The monoisotopic (exact) mass is 401 g/mol. The van der Waals surface area contributed by atoms with Gasteiger partial charge >= 0.3 is 0 Å². The molecule has 2 aromatic carbocycles. The van der Waals surface area contributed by atoms with E-state index in [0.29, 0.717) is 13.1 Å². The van der Waals surface area contributed by atoms with E-state index in [1.165, 1.54) is 0 Å². The van der Waals surface area contributed by atoms with Crippen LogP contribution >= 0.6 is 11.8 Å². The van der Waals surface area contributed by atoms with Crippen molar-refractivity contribution >= 4 is 22.8 Å². The molecule has 6 heteroatoms. The molecular weight excluding hydrogens is 382 g/mol. The predicted octanol–water partition coefficient (Wildman–Crippen LogP) is 4.45. The Hall–Kier alpha value is -3.12. The highest BCUT2D eigenvalue weighted by Gasteiger charge is 2.37. The average molecular weight is 401 g/mol. The summed E-state index contributed by atoms with van der Waals surface area (Å²) in [5, 5.41) is 0.778. The van der Waals surface area contributed by atoms with Gasteiger partial charge in [0.15, 0.2) is 5.17 Å². The van der Waals surface area contributed by atoms with E-state index in [0.717, 1.165) is 39.1 Å². The minimum absolute atomic E-state index is 0.0446. The quantitative estimate of drug-likeness (QED) is 0.651. The largest absolute Gasteiger partial charge is 0.457 e. The minimum Gasteiger partial charge on any atom is -0.457 e. The van der Waals surface area contributed by atoms with Crippen molar-refractivity contribution in [2.24, 2.45) is 4.99 Å². The Kier molecular flexibility index (Phi) is 4.77. The molecule has 0 N–H and O–H groups in total. The normalized spacial score (nSPS) is 15.3. The molecule has 3 heterocycles. The first-order valence-electron chi connectivity index (χ1n) is 9.54. The maximum atomic E-state index is 13.7. The van der Waals surface area contributed by atoms with Gasteiger partial charge in [-0.3, -0.25) is 19.7 Å². The van der Waals surface area contributed by atoms with E-state index in [2.05, 4.69) is 9.98 Å². The zero-order valence-corrected chi connectivity index (χ0v) is 16.5. The second kappa shape index (κ2) is 7.72. The lowest BCUT2D eigenvalue weighted by molar-refractivity contribution is -0.127. The van der Waals surface area contributed by atoms with Crippen molar-refractivity contribution in [3.63, 3.8) is 0 Å². The number of amidine groups is 1. The number of fused-ring (bicyclic) bond motifs is 2. The Labute approximate surface area is 173 Å². The fraction of sp³-hybridized carbons (Fsp3) is 0.174. The molecule has 0 saturated heterocycles. The SMILES string of the molecule is O=C(C1c2ccccc2Oc2ccccc21)N1CCN=C1SCc1cccnc1. The lowest BCUT2D eigenvalue weighted by Crippen LogP contribution is -2.38. The van der Waals surface area contributed by atoms with Crippen molar-refractivity contribution < 1.29 is 9.53 Å². The van der Waals surface area contributed by atoms with Crippen molar-refractivity contribution in [2.75, 3.05) is 13.1 Å². The molecule has 0 bridgehead atoms. The van der Waals surface area contributed by atoms with Crippen molar-refractivity contribution in [1.82, 2.24) is 9.88 Å². The molecule has 5 nitrogen and oxygen atoms in total. The van der Waals surface area contributed by atoms with Gasteiger partial charge < -0.3 is 4.74 Å². The summed E-state index contributed by atoms with van der Waals surface area (Å²) in [5.74, 6) is 1.87. The summed E-state index contributed by atoms with van der Waals surface area (Å²) in [4.78, 5) is 24.3. The van der Waals surface area contributed by atoms with Crippen LogP contribution in [0.15, 0.2) is 78.0 Å². The lowest BCUT2D eigenvalue weighted by atomic mass is 9.87. The molecule has 3 aromatic rings. The third-order valence-electron chi connectivity index (χ3n) is 5.09. The number of hydrogen-bond acceptors (Lipinski definition) is 5. The van der Waals surface area contributed by atoms with E-state index >= 15 is 0 Å². The van der Waals surface area contributed by atoms with Gasteiger partial charge in [-0.15, -0.1) is 0 Å². The van der Waals surface area contributed by atoms with E-state index in [1.807, 2.05) is 71.8 Å². The predicted molar refractivity (Wildman–Crippen MR) is 114 cm³/mol. The van der Waals surface area contributed by atoms with E-state index in [1.54, 1.807) is 18.0 Å². The van der Waals surface area contributed by atoms with Gasteiger partial charge in [-0.1, -0.05) is 54.2 Å². The number of benzene rings is 2. The molecule has 0 atom stereocenters. The third kappa shape index (κ3) is 3.40. The number of carbonyl (C=O) groups excluding carboxylic acids is 1. The van der Waals surface area contributed by atoms with Crippen molar-refractivity contribution in [2.45, 2.75) is 11.7 Å². The second-order valence-electron chi connectivity index (χ2n) is 6.91. The Bertz CT molecular complexity index is 1040. The van der Waals surface area contributed by atoms with E-state index in [4.69, 9.17) is 4.74 Å². The molecule has 29 heavy (non-hydrogen) atoms. The van der Waals surface area contributed by atoms with Crippen LogP contribution in [-0.2, 0) is 10.5 Å². The van der Waals surface area contributed by atoms with E-state index in [9.17, 15) is 4.79 Å². The number of thioether (sulfide) groups is 1. The molecule has 2 aliphatic rings. The van der Waals surface area contributed by atoms with Gasteiger partial charge in [-0.25, -0.2) is 0 Å². The topological polar surface area (TPSA) is 54.8 Å². The Morgan fingerprint density at radius 1 is 1.03 bits per heavy atom. The zero-order valence-electron chi connectivity index (χ0n) is 15.7. The second-order valence-corrected chi connectivity index (χ2v) is 7.86. The van der Waals surface area contributed by atoms with Crippen molar-refractivity contribution in [3.05, 3.63) is 89.7 Å². The van der Waals surface area contributed by atoms with Crippen molar-refractivity contribution in [1.29, 1.82) is 0 Å². The standard InChI is InChI=1S/C23H19N3O2S/c27-22(26-13-12-25-23(26)29-15-16-6-5-11-24-14-16)21-17-7-1-3-9-19(17)28-20-10-4-2-8-18(20)21/h1-11,14,21H,12-13,15H2. The molecule has 1 amide bonds. The number of rotatable bonds is 3. The first-order valence-corrected chi connectivity index (χ1v) is 10.5. The van der Waals surface area contributed by atoms with Gasteiger partial charge in [0.05, 0.1) is 12.5 Å². The Morgan fingerprint density at radius 2 is 1.76 bits per heavy atom. The summed E-state index contributed by atoms with van der Waals surface area (Å²) in [7, 11) is 0. The third-order valence-corrected chi connectivity index (χ3v) is 6.17. The maximum Gasteiger partial charge on any atom is 0.240 e. The number of aliphatic imine (C=N–C) groups is 1. The fourth-order valence-electron chi connectivity index (χ4n) is 3.72. The van der Waals surface area contributed by atoms with Gasteiger partial charge in [-0.05, 0) is 23.8 Å². The molecule has 1 aromatic heterocycles. The molecule has 0 unspecified atom stereocenters. The van der Waals surface area contributed by atoms with Gasteiger partial charge in [0, 0.05) is 35.8 Å². The first-order chi connectivity index (χ1) is 14.3. The summed E-state index contributed by atoms with van der Waals surface area (Å²) >= 11 is 1.58. The summed E-state index contributed by atoms with van der Waals surface area (Å²) in [5.41, 5.74) is 2.92. The van der Waals surface area contributed by atoms with Crippen LogP contribution in [0.3, 0.4) is 0 Å². The Balaban J connectivity index is 1.44. The van der Waals surface area contributed by atoms with Crippen LogP contribution in [0.25, 0.3) is 0 Å². The van der Waals surface area contributed by atoms with Crippen LogP contribution in [-0.4, -0.2) is 34.0 Å². The maximum absolute atomic E-state index is 13.7. The summed E-state index contributed by atoms with van der Waals surface area (Å²) < 4.78 is 6.04. The van der Waals surface area contributed by atoms with Crippen LogP contribution in [0.2, 0.25) is 0 Å². The summed E-state index contributed by atoms with van der Waals surface area (Å²) in [6, 6.07) is 19.5. The van der Waals surface area contributed by atoms with Crippen LogP contribution in [0.4, 0.5) is 0 Å². The van der Waals surface area contributed by atoms with Gasteiger partial charge in [0.25, 0.3) is 0 Å². The minimum atomic E-state index is -0.390. The van der Waals surface area contributed by atoms with Gasteiger partial charge in [0.2, 0.25) is 5.91 Å². The van der Waals surface area contributed by atoms with Gasteiger partial charge in [0.1, 0.15) is 11.5 Å². The van der Waals surface area contributed by atoms with Crippen LogP contribution in [0.5, 0.6) is 11.5 Å². The lowest BCUT2D eigenvalue weighted by Gasteiger charge is -2.30. The molecule has 0 spiro atoms. The number of ether oxygens (including phenoxy) is 1. The Morgan fingerprint density at radius 3 is 2.45 bits per heavy atom. The summed E-state index contributed by atoms with van der Waals surface area (Å²) in [6.07, 6.45) is 3.61. The number of aromatic nitrogens is 1. The number of amides is 1. The highest BCUT2D eigenvalue weighted by Crippen LogP contribution is 2.45. The average Bonchev–Trinajstić information content (AvgIpc) is 3.25. The first kappa shape index (κ1) is 17.9. The fourth-order valence-corrected chi connectivity index (χ4v) is 4.70. The smallest absolute Gasteiger partial charge is 0.240 e.